The zero-order valence-electron chi connectivity index (χ0n) is 6.63. The van der Waals surface area contributed by atoms with Gasteiger partial charge in [0.1, 0.15) is 6.07 Å². The molecule has 3 nitrogen and oxygen atoms in total. The lowest BCUT2D eigenvalue weighted by Gasteiger charge is -1.89. The van der Waals surface area contributed by atoms with E-state index in [0.29, 0.717) is 5.69 Å². The van der Waals surface area contributed by atoms with Crippen LogP contribution in [0.1, 0.15) is 18.2 Å². The molecule has 1 aromatic rings. The molecular weight excluding hydrogens is 138 g/mol. The normalized spacial score (nSPS) is 9.18. The molecule has 0 aliphatic rings. The topological polar surface area (TPSA) is 41.6 Å². The van der Waals surface area contributed by atoms with Gasteiger partial charge in [-0.15, -0.1) is 0 Å². The molecule has 0 saturated carbocycles. The molecule has 0 amide bonds. The molecule has 0 unspecified atom stereocenters. The maximum Gasteiger partial charge on any atom is 0.169 e. The molecule has 0 saturated heterocycles. The molecule has 0 N–H and O–H groups in total. The summed E-state index contributed by atoms with van der Waals surface area (Å²) in [5, 5.41) is 12.6. The van der Waals surface area contributed by atoms with Crippen molar-refractivity contribution in [1.82, 2.24) is 9.78 Å². The van der Waals surface area contributed by atoms with Gasteiger partial charge >= 0.3 is 0 Å². The Morgan fingerprint density at radius 2 is 2.45 bits per heavy atom. The minimum atomic E-state index is 0.444. The first kappa shape index (κ1) is 7.55. The average molecular weight is 147 g/mol. The monoisotopic (exact) mass is 147 g/mol. The predicted octanol–water partition coefficient (Wildman–Crippen LogP) is 1.32. The Morgan fingerprint density at radius 3 is 2.82 bits per heavy atom. The number of hydrogen-bond donors (Lipinski definition) is 0. The van der Waals surface area contributed by atoms with Crippen molar-refractivity contribution >= 4 is 5.57 Å². The minimum absolute atomic E-state index is 0.444. The van der Waals surface area contributed by atoms with Gasteiger partial charge in [-0.2, -0.15) is 10.4 Å². The van der Waals surface area contributed by atoms with E-state index in [1.165, 1.54) is 0 Å². The highest BCUT2D eigenvalue weighted by atomic mass is 15.2. The van der Waals surface area contributed by atoms with Gasteiger partial charge in [-0.1, -0.05) is 6.58 Å². The molecule has 0 fully saturated rings. The van der Waals surface area contributed by atoms with Crippen LogP contribution >= 0.6 is 0 Å². The molecule has 0 radical (unpaired) electrons. The fourth-order valence-corrected chi connectivity index (χ4v) is 0.883. The zero-order valence-corrected chi connectivity index (χ0v) is 6.63. The summed E-state index contributed by atoms with van der Waals surface area (Å²) in [7, 11) is 1.78. The van der Waals surface area contributed by atoms with E-state index in [0.717, 1.165) is 11.1 Å². The van der Waals surface area contributed by atoms with Crippen LogP contribution in [0.3, 0.4) is 0 Å². The van der Waals surface area contributed by atoms with E-state index in [9.17, 15) is 0 Å². The fourth-order valence-electron chi connectivity index (χ4n) is 0.883. The van der Waals surface area contributed by atoms with Crippen molar-refractivity contribution < 1.29 is 0 Å². The molecule has 0 aliphatic heterocycles. The Balaban J connectivity index is 3.26. The summed E-state index contributed by atoms with van der Waals surface area (Å²) in [4.78, 5) is 0. The quantitative estimate of drug-likeness (QED) is 0.601. The van der Waals surface area contributed by atoms with E-state index >= 15 is 0 Å². The zero-order chi connectivity index (χ0) is 8.43. The largest absolute Gasteiger partial charge is 0.274 e. The molecule has 3 heteroatoms. The number of allylic oxidation sites excluding steroid dienone is 1. The van der Waals surface area contributed by atoms with Gasteiger partial charge in [-0.25, -0.2) is 0 Å². The first-order chi connectivity index (χ1) is 5.15. The van der Waals surface area contributed by atoms with Crippen LogP contribution in [0.5, 0.6) is 0 Å². The summed E-state index contributed by atoms with van der Waals surface area (Å²) < 4.78 is 1.61. The van der Waals surface area contributed by atoms with Crippen LogP contribution in [0.25, 0.3) is 5.57 Å². The van der Waals surface area contributed by atoms with Crippen LogP contribution in [0.4, 0.5) is 0 Å². The molecule has 0 bridgehead atoms. The highest BCUT2D eigenvalue weighted by Crippen LogP contribution is 2.13. The first-order valence-electron chi connectivity index (χ1n) is 3.24. The van der Waals surface area contributed by atoms with E-state index in [1.807, 2.05) is 13.0 Å². The molecule has 56 valence electrons. The standard InChI is InChI=1S/C8H9N3/c1-6(2)7-5-11(3)10-8(7)4-9/h5H,1H2,2-3H3. The third kappa shape index (κ3) is 1.30. The lowest BCUT2D eigenvalue weighted by atomic mass is 10.1. The summed E-state index contributed by atoms with van der Waals surface area (Å²) in [5.74, 6) is 0. The highest BCUT2D eigenvalue weighted by Gasteiger charge is 2.05. The minimum Gasteiger partial charge on any atom is -0.274 e. The van der Waals surface area contributed by atoms with Crippen LogP contribution in [0, 0.1) is 11.3 Å². The highest BCUT2D eigenvalue weighted by molar-refractivity contribution is 5.64. The first-order valence-corrected chi connectivity index (χ1v) is 3.24. The van der Waals surface area contributed by atoms with Crippen molar-refractivity contribution in [3.05, 3.63) is 24.0 Å². The number of nitrogens with zero attached hydrogens (tertiary/aromatic N) is 3. The van der Waals surface area contributed by atoms with E-state index < -0.39 is 0 Å². The van der Waals surface area contributed by atoms with Crippen molar-refractivity contribution in [2.75, 3.05) is 0 Å². The van der Waals surface area contributed by atoms with Gasteiger partial charge in [0.2, 0.25) is 0 Å². The molecule has 1 rings (SSSR count). The van der Waals surface area contributed by atoms with Gasteiger partial charge in [-0.3, -0.25) is 4.68 Å². The van der Waals surface area contributed by atoms with Gasteiger partial charge in [-0.05, 0) is 12.5 Å². The molecule has 0 aromatic carbocycles. The lowest BCUT2D eigenvalue weighted by Crippen LogP contribution is -1.86. The smallest absolute Gasteiger partial charge is 0.169 e. The van der Waals surface area contributed by atoms with Gasteiger partial charge < -0.3 is 0 Å². The number of aryl methyl sites for hydroxylation is 1. The third-order valence-corrected chi connectivity index (χ3v) is 1.39. The van der Waals surface area contributed by atoms with Crippen LogP contribution in [0.2, 0.25) is 0 Å². The second kappa shape index (κ2) is 2.59. The van der Waals surface area contributed by atoms with Gasteiger partial charge in [0.05, 0.1) is 0 Å². The van der Waals surface area contributed by atoms with E-state index in [2.05, 4.69) is 11.7 Å². The third-order valence-electron chi connectivity index (χ3n) is 1.39. The van der Waals surface area contributed by atoms with Crippen molar-refractivity contribution in [2.24, 2.45) is 7.05 Å². The lowest BCUT2D eigenvalue weighted by molar-refractivity contribution is 0.763. The van der Waals surface area contributed by atoms with Gasteiger partial charge in [0.15, 0.2) is 5.69 Å². The Kier molecular flexibility index (Phi) is 1.77. The van der Waals surface area contributed by atoms with Gasteiger partial charge in [0.25, 0.3) is 0 Å². The number of hydrogen-bond acceptors (Lipinski definition) is 2. The van der Waals surface area contributed by atoms with Crippen molar-refractivity contribution in [3.63, 3.8) is 0 Å². The Labute approximate surface area is 65.6 Å². The SMILES string of the molecule is C=C(C)c1cn(C)nc1C#N. The molecular formula is C8H9N3. The molecule has 0 spiro atoms. The number of rotatable bonds is 1. The summed E-state index contributed by atoms with van der Waals surface area (Å²) in [6.45, 7) is 5.60. The molecule has 0 atom stereocenters. The van der Waals surface area contributed by atoms with E-state index in [4.69, 9.17) is 5.26 Å². The van der Waals surface area contributed by atoms with Crippen molar-refractivity contribution in [3.8, 4) is 6.07 Å². The molecule has 11 heavy (non-hydrogen) atoms. The van der Waals surface area contributed by atoms with Crippen molar-refractivity contribution in [1.29, 1.82) is 5.26 Å². The van der Waals surface area contributed by atoms with Crippen LogP contribution in [-0.4, -0.2) is 9.78 Å². The van der Waals surface area contributed by atoms with E-state index in [1.54, 1.807) is 17.9 Å². The van der Waals surface area contributed by atoms with Crippen LogP contribution in [-0.2, 0) is 7.05 Å². The van der Waals surface area contributed by atoms with Crippen molar-refractivity contribution in [2.45, 2.75) is 6.92 Å². The maximum absolute atomic E-state index is 8.61. The van der Waals surface area contributed by atoms with Crippen LogP contribution in [0.15, 0.2) is 12.8 Å². The summed E-state index contributed by atoms with van der Waals surface area (Å²) >= 11 is 0. The predicted molar refractivity (Wildman–Crippen MR) is 42.6 cm³/mol. The Morgan fingerprint density at radius 1 is 1.82 bits per heavy atom. The molecule has 0 aliphatic carbocycles. The molecule has 1 aromatic heterocycles. The van der Waals surface area contributed by atoms with Crippen LogP contribution < -0.4 is 0 Å². The second-order valence-corrected chi connectivity index (χ2v) is 2.46. The Bertz CT molecular complexity index is 328. The van der Waals surface area contributed by atoms with E-state index in [-0.39, 0.29) is 0 Å². The fraction of sp³-hybridized carbons (Fsp3) is 0.250. The number of aromatic nitrogens is 2. The summed E-state index contributed by atoms with van der Waals surface area (Å²) in [5.41, 5.74) is 2.14. The second-order valence-electron chi connectivity index (χ2n) is 2.46. The summed E-state index contributed by atoms with van der Waals surface area (Å²) in [6, 6.07) is 2.00. The van der Waals surface area contributed by atoms with Gasteiger partial charge in [0, 0.05) is 18.8 Å². The maximum atomic E-state index is 8.61. The number of nitriles is 1. The molecule has 1 heterocycles. The average Bonchev–Trinajstić information content (AvgIpc) is 2.30. The Hall–Kier alpha value is -1.56. The summed E-state index contributed by atoms with van der Waals surface area (Å²) in [6.07, 6.45) is 1.79.